The van der Waals surface area contributed by atoms with E-state index in [1.54, 1.807) is 0 Å². The minimum absolute atomic E-state index is 0.0424. The van der Waals surface area contributed by atoms with E-state index in [-0.39, 0.29) is 18.3 Å². The highest BCUT2D eigenvalue weighted by Gasteiger charge is 2.24. The van der Waals surface area contributed by atoms with E-state index in [4.69, 9.17) is 5.10 Å². The van der Waals surface area contributed by atoms with Crippen molar-refractivity contribution in [3.63, 3.8) is 0 Å². The van der Waals surface area contributed by atoms with Crippen molar-refractivity contribution < 1.29 is 5.11 Å². The van der Waals surface area contributed by atoms with E-state index in [0.29, 0.717) is 13.1 Å². The maximum Gasteiger partial charge on any atom is 0.329 e. The van der Waals surface area contributed by atoms with Crippen LogP contribution in [0.5, 0.6) is 0 Å². The lowest BCUT2D eigenvalue weighted by Crippen LogP contribution is -2.34. The molecule has 0 bridgehead atoms. The zero-order valence-electron chi connectivity index (χ0n) is 20.9. The Kier molecular flexibility index (Phi) is 6.62. The van der Waals surface area contributed by atoms with E-state index in [1.807, 2.05) is 27.7 Å². The molecule has 7 heteroatoms. The number of aromatic nitrogens is 4. The highest BCUT2D eigenvalue weighted by atomic mass is 16.3. The molecule has 1 fully saturated rings. The Bertz CT molecular complexity index is 1400. The molecular formula is C28H35N5O2. The fraction of sp³-hybridized carbons (Fsp3) is 0.429. The molecule has 0 spiro atoms. The van der Waals surface area contributed by atoms with Gasteiger partial charge in [0.15, 0.2) is 0 Å². The standard InChI is InChI=1S/C28H35N5O2/c1-4-32-25-12-11-21(17-26(25)33(5-2)28(32)35)24-18-31(15-14-30-13-7-10-23(30)19-34)29-27(24)22-9-6-8-20(3)16-22/h6,8-9,11-12,16-18,23,34H,4-5,7,10,13-15,19H2,1-3H3. The van der Waals surface area contributed by atoms with E-state index < -0.39 is 0 Å². The van der Waals surface area contributed by atoms with E-state index in [1.165, 1.54) is 5.56 Å². The number of rotatable bonds is 8. The van der Waals surface area contributed by atoms with E-state index in [2.05, 4.69) is 60.5 Å². The number of aliphatic hydroxyl groups excluding tert-OH is 1. The van der Waals surface area contributed by atoms with Gasteiger partial charge in [0.1, 0.15) is 5.69 Å². The van der Waals surface area contributed by atoms with Crippen molar-refractivity contribution in [3.8, 4) is 22.4 Å². The monoisotopic (exact) mass is 473 g/mol. The Hall–Kier alpha value is -3.16. The van der Waals surface area contributed by atoms with E-state index in [0.717, 1.165) is 65.9 Å². The molecule has 1 aliphatic heterocycles. The van der Waals surface area contributed by atoms with Gasteiger partial charge in [-0.3, -0.25) is 18.7 Å². The zero-order valence-corrected chi connectivity index (χ0v) is 20.9. The molecule has 2 aromatic heterocycles. The molecule has 7 nitrogen and oxygen atoms in total. The molecule has 2 aromatic carbocycles. The maximum absolute atomic E-state index is 12.9. The topological polar surface area (TPSA) is 68.2 Å². The van der Waals surface area contributed by atoms with Gasteiger partial charge in [0.25, 0.3) is 0 Å². The highest BCUT2D eigenvalue weighted by molar-refractivity contribution is 5.87. The van der Waals surface area contributed by atoms with Crippen LogP contribution in [0.4, 0.5) is 0 Å². The first-order valence-corrected chi connectivity index (χ1v) is 12.8. The SMILES string of the molecule is CCn1c(=O)n(CC)c2cc(-c3cn(CCN4CCCC4CO)nc3-c3cccc(C)c3)ccc21. The Morgan fingerprint density at radius 1 is 1.00 bits per heavy atom. The van der Waals surface area contributed by atoms with Crippen molar-refractivity contribution in [2.75, 3.05) is 19.7 Å². The Labute approximate surface area is 206 Å². The summed E-state index contributed by atoms with van der Waals surface area (Å²) in [5, 5.41) is 14.7. The number of hydrogen-bond acceptors (Lipinski definition) is 4. The van der Waals surface area contributed by atoms with Crippen LogP contribution in [0.25, 0.3) is 33.4 Å². The zero-order chi connectivity index (χ0) is 24.5. The lowest BCUT2D eigenvalue weighted by molar-refractivity contribution is 0.154. The van der Waals surface area contributed by atoms with Crippen LogP contribution < -0.4 is 5.69 Å². The van der Waals surface area contributed by atoms with Crippen LogP contribution in [0.3, 0.4) is 0 Å². The third-order valence-electron chi connectivity index (χ3n) is 7.34. The minimum atomic E-state index is 0.0424. The van der Waals surface area contributed by atoms with Crippen molar-refractivity contribution in [2.45, 2.75) is 59.3 Å². The van der Waals surface area contributed by atoms with Gasteiger partial charge in [0, 0.05) is 43.0 Å². The molecular weight excluding hydrogens is 438 g/mol. The molecule has 0 radical (unpaired) electrons. The normalized spacial score (nSPS) is 16.5. The molecule has 1 unspecified atom stereocenters. The Morgan fingerprint density at radius 2 is 1.80 bits per heavy atom. The summed E-state index contributed by atoms with van der Waals surface area (Å²) in [6.07, 6.45) is 4.33. The number of aliphatic hydroxyl groups is 1. The van der Waals surface area contributed by atoms with Gasteiger partial charge in [-0.2, -0.15) is 5.10 Å². The second-order valence-corrected chi connectivity index (χ2v) is 9.51. The lowest BCUT2D eigenvalue weighted by Gasteiger charge is -2.22. The van der Waals surface area contributed by atoms with Crippen molar-refractivity contribution in [1.82, 2.24) is 23.8 Å². The van der Waals surface area contributed by atoms with Crippen molar-refractivity contribution in [2.24, 2.45) is 0 Å². The molecule has 1 atom stereocenters. The first kappa shape index (κ1) is 23.6. The van der Waals surface area contributed by atoms with Crippen LogP contribution in [-0.2, 0) is 19.6 Å². The van der Waals surface area contributed by atoms with Crippen LogP contribution in [-0.4, -0.2) is 54.7 Å². The summed E-state index contributed by atoms with van der Waals surface area (Å²) < 4.78 is 5.72. The summed E-state index contributed by atoms with van der Waals surface area (Å²) in [6, 6.07) is 15.0. The lowest BCUT2D eigenvalue weighted by atomic mass is 10.0. The molecule has 184 valence electrons. The predicted molar refractivity (Wildman–Crippen MR) is 141 cm³/mol. The van der Waals surface area contributed by atoms with Crippen molar-refractivity contribution in [3.05, 3.63) is 64.7 Å². The van der Waals surface area contributed by atoms with Crippen LogP contribution in [0, 0.1) is 6.92 Å². The Balaban J connectivity index is 1.58. The van der Waals surface area contributed by atoms with E-state index >= 15 is 0 Å². The molecule has 0 aliphatic carbocycles. The second kappa shape index (κ2) is 9.84. The first-order valence-electron chi connectivity index (χ1n) is 12.8. The summed E-state index contributed by atoms with van der Waals surface area (Å²) in [4.78, 5) is 15.2. The molecule has 1 saturated heterocycles. The summed E-state index contributed by atoms with van der Waals surface area (Å²) in [5.74, 6) is 0. The van der Waals surface area contributed by atoms with Crippen molar-refractivity contribution in [1.29, 1.82) is 0 Å². The molecule has 0 amide bonds. The fourth-order valence-corrected chi connectivity index (χ4v) is 5.48. The van der Waals surface area contributed by atoms with Gasteiger partial charge in [-0.05, 0) is 63.9 Å². The largest absolute Gasteiger partial charge is 0.395 e. The van der Waals surface area contributed by atoms with Gasteiger partial charge in [0.2, 0.25) is 0 Å². The van der Waals surface area contributed by atoms with Gasteiger partial charge in [-0.1, -0.05) is 29.8 Å². The highest BCUT2D eigenvalue weighted by Crippen LogP contribution is 2.33. The molecule has 35 heavy (non-hydrogen) atoms. The summed E-state index contributed by atoms with van der Waals surface area (Å²) >= 11 is 0. The molecule has 1 aliphatic rings. The van der Waals surface area contributed by atoms with Crippen molar-refractivity contribution >= 4 is 11.0 Å². The number of imidazole rings is 1. The number of likely N-dealkylation sites (tertiary alicyclic amines) is 1. The van der Waals surface area contributed by atoms with E-state index in [9.17, 15) is 9.90 Å². The first-order chi connectivity index (χ1) is 17.0. The predicted octanol–water partition coefficient (Wildman–Crippen LogP) is 4.14. The fourth-order valence-electron chi connectivity index (χ4n) is 5.48. The number of benzene rings is 2. The molecule has 1 N–H and O–H groups in total. The number of nitrogens with zero attached hydrogens (tertiary/aromatic N) is 5. The van der Waals surface area contributed by atoms with Crippen LogP contribution in [0.2, 0.25) is 0 Å². The number of hydrogen-bond donors (Lipinski definition) is 1. The minimum Gasteiger partial charge on any atom is -0.395 e. The molecule has 4 aromatic rings. The smallest absolute Gasteiger partial charge is 0.329 e. The van der Waals surface area contributed by atoms with Gasteiger partial charge in [0.05, 0.1) is 24.2 Å². The van der Waals surface area contributed by atoms with Crippen LogP contribution in [0.15, 0.2) is 53.5 Å². The quantitative estimate of drug-likeness (QED) is 0.418. The molecule has 3 heterocycles. The van der Waals surface area contributed by atoms with Gasteiger partial charge >= 0.3 is 5.69 Å². The maximum atomic E-state index is 12.9. The van der Waals surface area contributed by atoms with Crippen LogP contribution >= 0.6 is 0 Å². The average molecular weight is 474 g/mol. The van der Waals surface area contributed by atoms with Gasteiger partial charge < -0.3 is 5.11 Å². The molecule has 5 rings (SSSR count). The third-order valence-corrected chi connectivity index (χ3v) is 7.34. The van der Waals surface area contributed by atoms with Gasteiger partial charge in [-0.25, -0.2) is 4.79 Å². The summed E-state index contributed by atoms with van der Waals surface area (Å²) in [5.41, 5.74) is 7.34. The Morgan fingerprint density at radius 3 is 2.54 bits per heavy atom. The van der Waals surface area contributed by atoms with Crippen LogP contribution in [0.1, 0.15) is 32.3 Å². The number of fused-ring (bicyclic) bond motifs is 1. The second-order valence-electron chi connectivity index (χ2n) is 9.51. The molecule has 0 saturated carbocycles. The third kappa shape index (κ3) is 4.34. The summed E-state index contributed by atoms with van der Waals surface area (Å²) in [7, 11) is 0. The summed E-state index contributed by atoms with van der Waals surface area (Å²) in [6.45, 7) is 10.3. The number of aryl methyl sites for hydroxylation is 3. The van der Waals surface area contributed by atoms with Gasteiger partial charge in [-0.15, -0.1) is 0 Å². The average Bonchev–Trinajstić information content (AvgIpc) is 3.57.